The van der Waals surface area contributed by atoms with Gasteiger partial charge in [-0.15, -0.1) is 0 Å². The quantitative estimate of drug-likeness (QED) is 0.0524. The first-order valence-corrected chi connectivity index (χ1v) is 28.7. The van der Waals surface area contributed by atoms with E-state index in [4.69, 9.17) is 65.8 Å². The van der Waals surface area contributed by atoms with Crippen LogP contribution in [0.25, 0.3) is 90.9 Å². The molecule has 2 aliphatic heterocycles. The second-order valence-electron chi connectivity index (χ2n) is 18.1. The number of nitrogens with one attached hydrogen (secondary N) is 2. The molecule has 9 rings (SSSR count). The molecule has 2 N–H and O–H groups in total. The minimum atomic E-state index is 0.506. The van der Waals surface area contributed by atoms with Crippen molar-refractivity contribution in [2.24, 2.45) is 0 Å². The fourth-order valence-electron chi connectivity index (χ4n) is 9.48. The Balaban J connectivity index is 1.25. The van der Waals surface area contributed by atoms with Crippen LogP contribution < -0.4 is 9.47 Å². The molecule has 12 heteroatoms. The Morgan fingerprint density at radius 3 is 1.06 bits per heavy atom. The Bertz CT molecular complexity index is 3020. The zero-order valence-electron chi connectivity index (χ0n) is 40.0. The van der Waals surface area contributed by atoms with E-state index in [0.717, 1.165) is 115 Å². The Labute approximate surface area is 459 Å². The monoisotopic (exact) mass is 1160 g/mol. The van der Waals surface area contributed by atoms with E-state index >= 15 is 0 Å². The molecule has 5 heterocycles. The molecule has 2 aliphatic rings. The molecule has 0 unspecified atom stereocenters. The van der Waals surface area contributed by atoms with Crippen molar-refractivity contribution in [1.82, 2.24) is 19.9 Å². The van der Waals surface area contributed by atoms with Gasteiger partial charge < -0.3 is 19.4 Å². The summed E-state index contributed by atoms with van der Waals surface area (Å²) in [5.74, 6) is 1.58. The molecule has 0 saturated heterocycles. The van der Waals surface area contributed by atoms with Crippen LogP contribution in [0.1, 0.15) is 99.8 Å². The summed E-state index contributed by atoms with van der Waals surface area (Å²) in [5, 5.41) is 4.15. The molecular formula is C60H56Br2Cl4N4O2. The first kappa shape index (κ1) is 52.1. The molecule has 3 aromatic heterocycles. The molecule has 8 bridgehead atoms. The van der Waals surface area contributed by atoms with Crippen molar-refractivity contribution in [1.29, 1.82) is 0 Å². The number of aromatic amines is 2. The van der Waals surface area contributed by atoms with Crippen molar-refractivity contribution >= 4 is 125 Å². The van der Waals surface area contributed by atoms with E-state index in [1.807, 2.05) is 72.8 Å². The van der Waals surface area contributed by atoms with Gasteiger partial charge in [0.05, 0.1) is 56.1 Å². The maximum atomic E-state index is 7.12. The number of nitrogens with zero attached hydrogens (tertiary/aromatic N) is 2. The summed E-state index contributed by atoms with van der Waals surface area (Å²) in [6.07, 6.45) is 22.2. The van der Waals surface area contributed by atoms with Crippen molar-refractivity contribution in [3.8, 4) is 56.0 Å². The van der Waals surface area contributed by atoms with Crippen LogP contribution in [-0.2, 0) is 0 Å². The van der Waals surface area contributed by atoms with Crippen molar-refractivity contribution in [2.45, 2.75) is 77.0 Å². The van der Waals surface area contributed by atoms with E-state index in [-0.39, 0.29) is 0 Å². The van der Waals surface area contributed by atoms with Gasteiger partial charge in [0.2, 0.25) is 0 Å². The summed E-state index contributed by atoms with van der Waals surface area (Å²) in [7, 11) is 0. The highest BCUT2D eigenvalue weighted by molar-refractivity contribution is 9.09. The molecule has 7 aromatic rings. The van der Waals surface area contributed by atoms with Crippen LogP contribution in [0.4, 0.5) is 0 Å². The lowest BCUT2D eigenvalue weighted by atomic mass is 10.0. The number of fused-ring (bicyclic) bond motifs is 8. The number of unbranched alkanes of at least 4 members (excludes halogenated alkanes) is 10. The highest BCUT2D eigenvalue weighted by Gasteiger charge is 2.23. The molecule has 0 atom stereocenters. The SMILES string of the molecule is Clc1cccc(Cl)c1-c1c2nc(c(-c3cccc(OCCCCCCCCBr)c3)c3ccc([nH]3)c(-c3c(Cl)cccc3Cl)c3nc(c(-c4cccc(OCCCCCCCCBr)c4)c4ccc1[nH]4)C=C3)C=C2. The maximum Gasteiger partial charge on any atom is 0.119 e. The van der Waals surface area contributed by atoms with E-state index in [9.17, 15) is 0 Å². The fraction of sp³-hybridized carbons (Fsp3) is 0.267. The van der Waals surface area contributed by atoms with Gasteiger partial charge in [0.15, 0.2) is 0 Å². The number of benzene rings is 4. The van der Waals surface area contributed by atoms with E-state index in [1.165, 1.54) is 51.4 Å². The highest BCUT2D eigenvalue weighted by atomic mass is 79.9. The third-order valence-electron chi connectivity index (χ3n) is 13.0. The van der Waals surface area contributed by atoms with Crippen molar-refractivity contribution in [3.05, 3.63) is 152 Å². The summed E-state index contributed by atoms with van der Waals surface area (Å²) < 4.78 is 12.8. The molecule has 0 amide bonds. The van der Waals surface area contributed by atoms with E-state index < -0.39 is 0 Å². The van der Waals surface area contributed by atoms with Crippen LogP contribution in [0, 0.1) is 0 Å². The average Bonchev–Trinajstić information content (AvgIpc) is 4.24. The molecule has 370 valence electrons. The number of alkyl halides is 2. The standard InChI is InChI=1S/C60H56Br2Cl4N4O2/c61-33-9-5-1-3-7-11-35-71-41-19-13-17-39(37-41)55-47-25-29-51(67-47)59(57-43(63)21-15-22-44(57)64)53-31-27-49(69-53)56(40-18-14-20-42(38-40)72-36-12-8-4-2-6-10-34-62)50-28-32-54(70-50)60(52-30-26-48(55)68-52)58-45(65)23-16-24-46(58)66/h13-32,37-38,67,70H,1-12,33-36H2. The molecule has 6 nitrogen and oxygen atoms in total. The first-order valence-electron chi connectivity index (χ1n) is 24.9. The Kier molecular flexibility index (Phi) is 18.4. The van der Waals surface area contributed by atoms with E-state index in [1.54, 1.807) is 0 Å². The highest BCUT2D eigenvalue weighted by Crippen LogP contribution is 2.44. The minimum Gasteiger partial charge on any atom is -0.494 e. The summed E-state index contributed by atoms with van der Waals surface area (Å²) in [6, 6.07) is 35.9. The van der Waals surface area contributed by atoms with Crippen molar-refractivity contribution in [2.75, 3.05) is 23.9 Å². The molecule has 72 heavy (non-hydrogen) atoms. The van der Waals surface area contributed by atoms with E-state index in [2.05, 4.69) is 103 Å². The topological polar surface area (TPSA) is 75.8 Å². The third kappa shape index (κ3) is 12.4. The predicted octanol–water partition coefficient (Wildman–Crippen LogP) is 20.2. The molecule has 0 fully saturated rings. The Morgan fingerprint density at radius 1 is 0.361 bits per heavy atom. The molecule has 0 saturated carbocycles. The first-order chi connectivity index (χ1) is 35.3. The van der Waals surface area contributed by atoms with Gasteiger partial charge in [-0.1, -0.05) is 166 Å². The lowest BCUT2D eigenvalue weighted by Gasteiger charge is -2.11. The summed E-state index contributed by atoms with van der Waals surface area (Å²) in [5.41, 5.74) is 12.5. The second-order valence-corrected chi connectivity index (χ2v) is 21.3. The predicted molar refractivity (Wildman–Crippen MR) is 315 cm³/mol. The largest absolute Gasteiger partial charge is 0.494 e. The lowest BCUT2D eigenvalue weighted by Crippen LogP contribution is -1.98. The number of aromatic nitrogens is 4. The van der Waals surface area contributed by atoms with Gasteiger partial charge in [-0.05, 0) is 134 Å². The minimum absolute atomic E-state index is 0.506. The van der Waals surface area contributed by atoms with Crippen LogP contribution in [0.2, 0.25) is 20.1 Å². The van der Waals surface area contributed by atoms with Crippen molar-refractivity contribution < 1.29 is 9.47 Å². The fourth-order valence-corrected chi connectivity index (χ4v) is 11.4. The van der Waals surface area contributed by atoms with Crippen LogP contribution in [0.5, 0.6) is 11.5 Å². The molecule has 0 aliphatic carbocycles. The molecule has 0 spiro atoms. The number of ether oxygens (including phenoxy) is 2. The van der Waals surface area contributed by atoms with Gasteiger partial charge in [-0.2, -0.15) is 0 Å². The summed E-state index contributed by atoms with van der Waals surface area (Å²) in [4.78, 5) is 18.5. The Morgan fingerprint density at radius 2 is 0.681 bits per heavy atom. The van der Waals surface area contributed by atoms with Gasteiger partial charge in [-0.25, -0.2) is 9.97 Å². The van der Waals surface area contributed by atoms with Gasteiger partial charge in [0.25, 0.3) is 0 Å². The molecule has 4 aromatic carbocycles. The number of H-pyrrole nitrogens is 2. The number of hydrogen-bond donors (Lipinski definition) is 2. The number of rotatable bonds is 22. The normalized spacial score (nSPS) is 12.0. The summed E-state index contributed by atoms with van der Waals surface area (Å²) in [6.45, 7) is 1.28. The van der Waals surface area contributed by atoms with E-state index in [0.29, 0.717) is 55.8 Å². The van der Waals surface area contributed by atoms with Gasteiger partial charge in [0.1, 0.15) is 11.5 Å². The lowest BCUT2D eigenvalue weighted by molar-refractivity contribution is 0.304. The maximum absolute atomic E-state index is 7.12. The van der Waals surface area contributed by atoms with Crippen LogP contribution in [0.3, 0.4) is 0 Å². The average molecular weight is 1170 g/mol. The smallest absolute Gasteiger partial charge is 0.119 e. The zero-order valence-corrected chi connectivity index (χ0v) is 46.2. The third-order valence-corrected chi connectivity index (χ3v) is 15.4. The summed E-state index contributed by atoms with van der Waals surface area (Å²) >= 11 is 35.6. The number of hydrogen-bond acceptors (Lipinski definition) is 4. The van der Waals surface area contributed by atoms with Gasteiger partial charge >= 0.3 is 0 Å². The van der Waals surface area contributed by atoms with Crippen molar-refractivity contribution in [3.63, 3.8) is 0 Å². The Hall–Kier alpha value is -4.80. The van der Waals surface area contributed by atoms with Crippen LogP contribution in [0.15, 0.2) is 109 Å². The van der Waals surface area contributed by atoms with Gasteiger partial charge in [0, 0.05) is 66.1 Å². The number of halogens is 6. The zero-order chi connectivity index (χ0) is 49.8. The van der Waals surface area contributed by atoms with Gasteiger partial charge in [-0.3, -0.25) is 0 Å². The molecular weight excluding hydrogens is 1110 g/mol. The van der Waals surface area contributed by atoms with Crippen LogP contribution in [-0.4, -0.2) is 43.8 Å². The molecule has 0 radical (unpaired) electrons. The second kappa shape index (κ2) is 25.4. The van der Waals surface area contributed by atoms with Crippen LogP contribution >= 0.6 is 78.3 Å².